The minimum atomic E-state index is -1.70. The fourth-order valence-electron chi connectivity index (χ4n) is 4.00. The third-order valence-corrected chi connectivity index (χ3v) is 6.05. The maximum atomic E-state index is 10.7. The second-order valence-corrected chi connectivity index (χ2v) is 8.55. The lowest BCUT2D eigenvalue weighted by Gasteiger charge is -2.46. The Labute approximate surface area is 188 Å². The van der Waals surface area contributed by atoms with E-state index in [2.05, 4.69) is 13.8 Å². The third kappa shape index (κ3) is 6.80. The van der Waals surface area contributed by atoms with Gasteiger partial charge in [-0.05, 0) is 12.8 Å². The van der Waals surface area contributed by atoms with Gasteiger partial charge in [0.1, 0.15) is 48.8 Å². The smallest absolute Gasteiger partial charge is 0.187 e. The summed E-state index contributed by atoms with van der Waals surface area (Å²) in [6.45, 7) is 2.90. The fraction of sp³-hybridized carbons (Fsp3) is 1.00. The Morgan fingerprint density at radius 2 is 1.22 bits per heavy atom. The Balaban J connectivity index is 2.07. The van der Waals surface area contributed by atoms with Crippen molar-refractivity contribution in [1.82, 2.24) is 0 Å². The van der Waals surface area contributed by atoms with Crippen molar-refractivity contribution in [2.45, 2.75) is 120 Å². The van der Waals surface area contributed by atoms with E-state index in [1.54, 1.807) is 0 Å². The number of rotatable bonds is 12. The predicted molar refractivity (Wildman–Crippen MR) is 110 cm³/mol. The van der Waals surface area contributed by atoms with Gasteiger partial charge in [0.2, 0.25) is 0 Å². The van der Waals surface area contributed by atoms with Crippen LogP contribution in [0, 0.1) is 0 Å². The maximum absolute atomic E-state index is 10.7. The topological polar surface area (TPSA) is 179 Å². The molecule has 0 amide bonds. The molecule has 0 bridgehead atoms. The third-order valence-electron chi connectivity index (χ3n) is 6.05. The van der Waals surface area contributed by atoms with Gasteiger partial charge in [-0.1, -0.05) is 39.5 Å². The van der Waals surface area contributed by atoms with E-state index in [0.29, 0.717) is 0 Å². The number of hydrogen-bond acceptors (Lipinski definition) is 11. The van der Waals surface area contributed by atoms with E-state index in [-0.39, 0.29) is 6.10 Å². The molecule has 0 radical (unpaired) electrons. The monoisotopic (exact) mass is 468 g/mol. The molecule has 190 valence electrons. The largest absolute Gasteiger partial charge is 0.394 e. The summed E-state index contributed by atoms with van der Waals surface area (Å²) < 4.78 is 22.5. The molecule has 11 heteroatoms. The van der Waals surface area contributed by atoms with Gasteiger partial charge in [0, 0.05) is 0 Å². The molecule has 0 unspecified atom stereocenters. The van der Waals surface area contributed by atoms with Crippen molar-refractivity contribution in [3.8, 4) is 0 Å². The van der Waals surface area contributed by atoms with Crippen molar-refractivity contribution in [1.29, 1.82) is 0 Å². The van der Waals surface area contributed by atoms with Gasteiger partial charge >= 0.3 is 0 Å². The van der Waals surface area contributed by atoms with Crippen LogP contribution in [-0.4, -0.2) is 116 Å². The first-order valence-corrected chi connectivity index (χ1v) is 11.5. The molecule has 2 aliphatic rings. The minimum Gasteiger partial charge on any atom is -0.394 e. The van der Waals surface area contributed by atoms with Gasteiger partial charge in [0.25, 0.3) is 0 Å². The van der Waals surface area contributed by atoms with Gasteiger partial charge in [-0.25, -0.2) is 0 Å². The van der Waals surface area contributed by atoms with Gasteiger partial charge in [0.05, 0.1) is 19.3 Å². The summed E-state index contributed by atoms with van der Waals surface area (Å²) >= 11 is 0. The average Bonchev–Trinajstić information content (AvgIpc) is 2.80. The quantitative estimate of drug-likeness (QED) is 0.175. The summed E-state index contributed by atoms with van der Waals surface area (Å²) in [4.78, 5) is 0. The number of hydrogen-bond donors (Lipinski definition) is 7. The first-order valence-electron chi connectivity index (χ1n) is 11.5. The molecule has 2 aliphatic heterocycles. The van der Waals surface area contributed by atoms with E-state index >= 15 is 0 Å². The van der Waals surface area contributed by atoms with Crippen LogP contribution in [-0.2, 0) is 18.9 Å². The lowest BCUT2D eigenvalue weighted by molar-refractivity contribution is -0.363. The molecule has 0 spiro atoms. The average molecular weight is 469 g/mol. The summed E-state index contributed by atoms with van der Waals surface area (Å²) in [6, 6.07) is 0. The molecule has 0 saturated carbocycles. The number of aliphatic hydroxyl groups excluding tert-OH is 7. The van der Waals surface area contributed by atoms with Crippen LogP contribution in [0.3, 0.4) is 0 Å². The van der Waals surface area contributed by atoms with Crippen molar-refractivity contribution in [3.05, 3.63) is 0 Å². The zero-order valence-corrected chi connectivity index (χ0v) is 18.8. The summed E-state index contributed by atoms with van der Waals surface area (Å²) in [5.74, 6) is 0. The van der Waals surface area contributed by atoms with Crippen LogP contribution in [0.15, 0.2) is 0 Å². The Morgan fingerprint density at radius 3 is 1.75 bits per heavy atom. The van der Waals surface area contributed by atoms with Crippen LogP contribution in [0.4, 0.5) is 0 Å². The maximum Gasteiger partial charge on any atom is 0.187 e. The van der Waals surface area contributed by atoms with Crippen molar-refractivity contribution >= 4 is 0 Å². The lowest BCUT2D eigenvalue weighted by atomic mass is 9.97. The lowest BCUT2D eigenvalue weighted by Crippen LogP contribution is -2.64. The summed E-state index contributed by atoms with van der Waals surface area (Å²) in [6.07, 6.45) is -9.17. The molecule has 0 aromatic rings. The van der Waals surface area contributed by atoms with E-state index in [1.807, 2.05) is 0 Å². The standard InChI is InChI=1S/C21H40O11/c1-3-5-7-11(8-6-4-2)29-20-18(28)16(26)19(13(10-23)31-20)32-21-17(27)15(25)14(24)12(9-22)30-21/h11-28H,3-10H2,1-2H3/t12-,13-,14-,15+,16-,17-,18-,19-,20-,21+/m1/s1. The van der Waals surface area contributed by atoms with E-state index in [4.69, 9.17) is 18.9 Å². The van der Waals surface area contributed by atoms with Crippen LogP contribution < -0.4 is 0 Å². The Hall–Kier alpha value is -0.440. The Bertz CT molecular complexity index is 512. The van der Waals surface area contributed by atoms with Crippen LogP contribution in [0.25, 0.3) is 0 Å². The molecule has 2 rings (SSSR count). The highest BCUT2D eigenvalue weighted by Crippen LogP contribution is 2.30. The van der Waals surface area contributed by atoms with Gasteiger partial charge in [-0.2, -0.15) is 0 Å². The highest BCUT2D eigenvalue weighted by molar-refractivity contribution is 4.94. The summed E-state index contributed by atoms with van der Waals surface area (Å²) in [5, 5.41) is 70.4. The van der Waals surface area contributed by atoms with Gasteiger partial charge in [-0.15, -0.1) is 0 Å². The van der Waals surface area contributed by atoms with E-state index in [0.717, 1.165) is 38.5 Å². The number of aliphatic hydroxyl groups is 7. The summed E-state index contributed by atoms with van der Waals surface area (Å²) in [7, 11) is 0. The van der Waals surface area contributed by atoms with Crippen LogP contribution in [0.5, 0.6) is 0 Å². The normalized spacial score (nSPS) is 40.7. The molecule has 2 saturated heterocycles. The van der Waals surface area contributed by atoms with Crippen LogP contribution in [0.2, 0.25) is 0 Å². The molecule has 11 nitrogen and oxygen atoms in total. The van der Waals surface area contributed by atoms with Crippen molar-refractivity contribution in [2.75, 3.05) is 13.2 Å². The van der Waals surface area contributed by atoms with Crippen molar-refractivity contribution in [3.63, 3.8) is 0 Å². The van der Waals surface area contributed by atoms with E-state index in [1.165, 1.54) is 0 Å². The zero-order valence-electron chi connectivity index (χ0n) is 18.8. The molecular formula is C21H40O11. The fourth-order valence-corrected chi connectivity index (χ4v) is 4.00. The first-order chi connectivity index (χ1) is 15.3. The molecule has 2 fully saturated rings. The second kappa shape index (κ2) is 13.4. The van der Waals surface area contributed by atoms with Gasteiger partial charge in [-0.3, -0.25) is 0 Å². The molecular weight excluding hydrogens is 428 g/mol. The van der Waals surface area contributed by atoms with Crippen molar-refractivity contribution < 1.29 is 54.7 Å². The highest BCUT2D eigenvalue weighted by Gasteiger charge is 2.50. The van der Waals surface area contributed by atoms with Crippen LogP contribution in [0.1, 0.15) is 52.4 Å². The van der Waals surface area contributed by atoms with Gasteiger partial charge < -0.3 is 54.7 Å². The SMILES string of the molecule is CCCCC(CCCC)O[C@@H]1O[C@H](CO)[C@@H](O[C@@H]2O[C@H](CO)[C@@H](O)[C@H](O)[C@H]2O)[C@H](O)[C@H]1O. The zero-order chi connectivity index (χ0) is 23.8. The molecule has 10 atom stereocenters. The highest BCUT2D eigenvalue weighted by atomic mass is 16.7. The molecule has 7 N–H and O–H groups in total. The molecule has 0 aliphatic carbocycles. The number of ether oxygens (including phenoxy) is 4. The van der Waals surface area contributed by atoms with E-state index in [9.17, 15) is 35.7 Å². The van der Waals surface area contributed by atoms with Gasteiger partial charge in [0.15, 0.2) is 12.6 Å². The van der Waals surface area contributed by atoms with Crippen LogP contribution >= 0.6 is 0 Å². The molecule has 0 aromatic carbocycles. The van der Waals surface area contributed by atoms with Crippen molar-refractivity contribution in [2.24, 2.45) is 0 Å². The Kier molecular flexibility index (Phi) is 11.7. The molecule has 32 heavy (non-hydrogen) atoms. The van der Waals surface area contributed by atoms with E-state index < -0.39 is 74.6 Å². The number of unbranched alkanes of at least 4 members (excludes halogenated alkanes) is 2. The molecule has 2 heterocycles. The first kappa shape index (κ1) is 27.8. The minimum absolute atomic E-state index is 0.177. The summed E-state index contributed by atoms with van der Waals surface area (Å²) in [5.41, 5.74) is 0. The Morgan fingerprint density at radius 1 is 0.688 bits per heavy atom. The second-order valence-electron chi connectivity index (χ2n) is 8.55. The predicted octanol–water partition coefficient (Wildman–Crippen LogP) is -1.62. The molecule has 0 aromatic heterocycles.